The van der Waals surface area contributed by atoms with Gasteiger partial charge in [0.2, 0.25) is 5.91 Å². The van der Waals surface area contributed by atoms with Gasteiger partial charge in [0.05, 0.1) is 22.7 Å². The van der Waals surface area contributed by atoms with E-state index in [1.165, 1.54) is 6.07 Å². The minimum atomic E-state index is -0.446. The second-order valence-electron chi connectivity index (χ2n) is 5.22. The predicted octanol–water partition coefficient (Wildman–Crippen LogP) is 3.71. The lowest BCUT2D eigenvalue weighted by Gasteiger charge is -2.08. The monoisotopic (exact) mass is 378 g/mol. The van der Waals surface area contributed by atoms with Crippen molar-refractivity contribution in [1.29, 1.82) is 0 Å². The second-order valence-corrected chi connectivity index (χ2v) is 6.07. The van der Waals surface area contributed by atoms with Gasteiger partial charge in [-0.3, -0.25) is 9.59 Å². The first kappa shape index (κ1) is 18.8. The number of rotatable bonds is 5. The third-order valence-corrected chi connectivity index (χ3v) is 3.72. The summed E-state index contributed by atoms with van der Waals surface area (Å²) in [6.07, 6.45) is -0.0104. The number of halogens is 2. The number of nitrogens with zero attached hydrogens (tertiary/aromatic N) is 1. The summed E-state index contributed by atoms with van der Waals surface area (Å²) in [4.78, 5) is 24.0. The number of hydrogen-bond donors (Lipinski definition) is 3. The Morgan fingerprint density at radius 2 is 1.88 bits per heavy atom. The van der Waals surface area contributed by atoms with Crippen LogP contribution in [0.4, 0.5) is 11.4 Å². The van der Waals surface area contributed by atoms with Crippen LogP contribution in [0.25, 0.3) is 0 Å². The fraction of sp³-hybridized carbons (Fsp3) is 0.118. The van der Waals surface area contributed by atoms with E-state index in [4.69, 9.17) is 28.9 Å². The Morgan fingerprint density at radius 1 is 1.16 bits per heavy atom. The largest absolute Gasteiger partial charge is 0.398 e. The Labute approximate surface area is 155 Å². The van der Waals surface area contributed by atoms with Gasteiger partial charge in [0.25, 0.3) is 5.91 Å². The van der Waals surface area contributed by atoms with Crippen LogP contribution in [0.5, 0.6) is 0 Å². The number of nitrogens with two attached hydrogens (primary N) is 1. The molecule has 2 aromatic carbocycles. The quantitative estimate of drug-likeness (QED) is 0.420. The average Bonchev–Trinajstić information content (AvgIpc) is 2.55. The number of amides is 2. The Balaban J connectivity index is 1.93. The SMILES string of the molecule is CC(CC(=O)Nc1ccc(Cl)cc1Cl)=NNC(=O)c1ccccc1N. The summed E-state index contributed by atoms with van der Waals surface area (Å²) in [6, 6.07) is 11.4. The molecule has 0 aliphatic rings. The molecule has 0 aromatic heterocycles. The van der Waals surface area contributed by atoms with Gasteiger partial charge in [0.1, 0.15) is 0 Å². The number of hydrogen-bond acceptors (Lipinski definition) is 4. The lowest BCUT2D eigenvalue weighted by molar-refractivity contribution is -0.115. The van der Waals surface area contributed by atoms with E-state index < -0.39 is 5.91 Å². The number of anilines is 2. The Hall–Kier alpha value is -2.57. The van der Waals surface area contributed by atoms with E-state index in [0.29, 0.717) is 32.7 Å². The first-order chi connectivity index (χ1) is 11.9. The summed E-state index contributed by atoms with van der Waals surface area (Å²) in [6.45, 7) is 1.62. The van der Waals surface area contributed by atoms with Crippen molar-refractivity contribution in [3.05, 3.63) is 58.1 Å². The summed E-state index contributed by atoms with van der Waals surface area (Å²) in [5.41, 5.74) is 9.63. The van der Waals surface area contributed by atoms with Gasteiger partial charge in [-0.05, 0) is 37.3 Å². The number of hydrazone groups is 1. The van der Waals surface area contributed by atoms with E-state index in [0.717, 1.165) is 0 Å². The number of nitrogen functional groups attached to an aromatic ring is 1. The summed E-state index contributed by atoms with van der Waals surface area (Å²) >= 11 is 11.8. The summed E-state index contributed by atoms with van der Waals surface area (Å²) in [5.74, 6) is -0.766. The molecule has 0 fully saturated rings. The molecular weight excluding hydrogens is 363 g/mol. The van der Waals surface area contributed by atoms with Crippen molar-refractivity contribution >= 4 is 52.1 Å². The highest BCUT2D eigenvalue weighted by Gasteiger charge is 2.10. The zero-order chi connectivity index (χ0) is 18.4. The van der Waals surface area contributed by atoms with Gasteiger partial charge in [-0.1, -0.05) is 35.3 Å². The molecule has 6 nitrogen and oxygen atoms in total. The van der Waals surface area contributed by atoms with Gasteiger partial charge in [0.15, 0.2) is 0 Å². The summed E-state index contributed by atoms with van der Waals surface area (Å²) in [7, 11) is 0. The highest BCUT2D eigenvalue weighted by atomic mass is 35.5. The smallest absolute Gasteiger partial charge is 0.273 e. The van der Waals surface area contributed by atoms with Gasteiger partial charge < -0.3 is 11.1 Å². The number of nitrogens with one attached hydrogen (secondary N) is 2. The van der Waals surface area contributed by atoms with Gasteiger partial charge in [-0.15, -0.1) is 0 Å². The lowest BCUT2D eigenvalue weighted by Crippen LogP contribution is -2.22. The molecule has 0 spiro atoms. The van der Waals surface area contributed by atoms with Gasteiger partial charge in [-0.25, -0.2) is 5.43 Å². The number of para-hydroxylation sites is 1. The Morgan fingerprint density at radius 3 is 2.56 bits per heavy atom. The first-order valence-corrected chi connectivity index (χ1v) is 8.05. The van der Waals surface area contributed by atoms with E-state index in [2.05, 4.69) is 15.8 Å². The Bertz CT molecular complexity index is 837. The minimum Gasteiger partial charge on any atom is -0.398 e. The topological polar surface area (TPSA) is 96.6 Å². The van der Waals surface area contributed by atoms with E-state index in [-0.39, 0.29) is 12.3 Å². The summed E-state index contributed by atoms with van der Waals surface area (Å²) < 4.78 is 0. The van der Waals surface area contributed by atoms with Crippen molar-refractivity contribution in [2.24, 2.45) is 5.10 Å². The van der Waals surface area contributed by atoms with Crippen LogP contribution in [0.15, 0.2) is 47.6 Å². The Kier molecular flexibility index (Phi) is 6.38. The van der Waals surface area contributed by atoms with Crippen molar-refractivity contribution in [2.75, 3.05) is 11.1 Å². The van der Waals surface area contributed by atoms with Gasteiger partial charge in [-0.2, -0.15) is 5.10 Å². The van der Waals surface area contributed by atoms with Crippen LogP contribution >= 0.6 is 23.2 Å². The fourth-order valence-corrected chi connectivity index (χ4v) is 2.42. The van der Waals surface area contributed by atoms with Crippen LogP contribution in [0, 0.1) is 0 Å². The third kappa shape index (κ3) is 5.48. The number of benzene rings is 2. The second kappa shape index (κ2) is 8.50. The highest BCUT2D eigenvalue weighted by molar-refractivity contribution is 6.36. The molecule has 8 heteroatoms. The van der Waals surface area contributed by atoms with Crippen LogP contribution < -0.4 is 16.5 Å². The molecule has 0 bridgehead atoms. The normalized spacial score (nSPS) is 11.1. The van der Waals surface area contributed by atoms with E-state index in [1.54, 1.807) is 43.3 Å². The lowest BCUT2D eigenvalue weighted by atomic mass is 10.2. The standard InChI is InChI=1S/C17H16Cl2N4O2/c1-10(22-23-17(25)12-4-2-3-5-14(12)20)8-16(24)21-15-7-6-11(18)9-13(15)19/h2-7,9H,8,20H2,1H3,(H,21,24)(H,23,25). The maximum atomic E-state index is 12.0. The number of carbonyl (C=O) groups excluding carboxylic acids is 2. The molecule has 0 atom stereocenters. The van der Waals surface area contributed by atoms with E-state index >= 15 is 0 Å². The molecule has 0 heterocycles. The maximum Gasteiger partial charge on any atom is 0.273 e. The molecule has 2 rings (SSSR count). The van der Waals surface area contributed by atoms with Crippen LogP contribution in [-0.4, -0.2) is 17.5 Å². The molecule has 0 saturated heterocycles. The highest BCUT2D eigenvalue weighted by Crippen LogP contribution is 2.25. The van der Waals surface area contributed by atoms with Crippen LogP contribution in [0.1, 0.15) is 23.7 Å². The van der Waals surface area contributed by atoms with Crippen LogP contribution in [0.3, 0.4) is 0 Å². The maximum absolute atomic E-state index is 12.0. The fourth-order valence-electron chi connectivity index (χ4n) is 1.97. The summed E-state index contributed by atoms with van der Waals surface area (Å²) in [5, 5.41) is 7.37. The molecule has 0 radical (unpaired) electrons. The van der Waals surface area contributed by atoms with Crippen molar-refractivity contribution in [3.63, 3.8) is 0 Å². The van der Waals surface area contributed by atoms with Crippen molar-refractivity contribution in [2.45, 2.75) is 13.3 Å². The molecular formula is C17H16Cl2N4O2. The number of carbonyl (C=O) groups is 2. The zero-order valence-electron chi connectivity index (χ0n) is 13.3. The van der Waals surface area contributed by atoms with Crippen LogP contribution in [0.2, 0.25) is 10.0 Å². The predicted molar refractivity (Wildman–Crippen MR) is 101 cm³/mol. The van der Waals surface area contributed by atoms with Crippen molar-refractivity contribution < 1.29 is 9.59 Å². The van der Waals surface area contributed by atoms with Crippen LogP contribution in [-0.2, 0) is 4.79 Å². The molecule has 0 unspecified atom stereocenters. The minimum absolute atomic E-state index is 0.0104. The molecule has 2 aromatic rings. The zero-order valence-corrected chi connectivity index (χ0v) is 14.9. The van der Waals surface area contributed by atoms with Gasteiger partial charge >= 0.3 is 0 Å². The average molecular weight is 379 g/mol. The molecule has 0 aliphatic carbocycles. The molecule has 2 amide bonds. The molecule has 0 saturated carbocycles. The van der Waals surface area contributed by atoms with Crippen molar-refractivity contribution in [1.82, 2.24) is 5.43 Å². The molecule has 130 valence electrons. The van der Waals surface area contributed by atoms with Crippen molar-refractivity contribution in [3.8, 4) is 0 Å². The molecule has 0 aliphatic heterocycles. The van der Waals surface area contributed by atoms with E-state index in [1.807, 2.05) is 0 Å². The molecule has 25 heavy (non-hydrogen) atoms. The molecule has 4 N–H and O–H groups in total. The van der Waals surface area contributed by atoms with E-state index in [9.17, 15) is 9.59 Å². The first-order valence-electron chi connectivity index (χ1n) is 7.29. The van der Waals surface area contributed by atoms with Gasteiger partial charge in [0, 0.05) is 16.4 Å². The third-order valence-electron chi connectivity index (χ3n) is 3.18.